The van der Waals surface area contributed by atoms with Gasteiger partial charge in [-0.25, -0.2) is 0 Å². The maximum atomic E-state index is 8.77. The van der Waals surface area contributed by atoms with Crippen molar-refractivity contribution in [3.8, 4) is 17.5 Å². The molecule has 0 aliphatic carbocycles. The number of benzene rings is 1. The topological polar surface area (TPSA) is 74.7 Å². The summed E-state index contributed by atoms with van der Waals surface area (Å²) < 4.78 is 5.31. The molecule has 1 aliphatic rings. The summed E-state index contributed by atoms with van der Waals surface area (Å²) in [6.07, 6.45) is 2.10. The second-order valence-electron chi connectivity index (χ2n) is 4.67. The van der Waals surface area contributed by atoms with Gasteiger partial charge < -0.3 is 9.84 Å². The van der Waals surface area contributed by atoms with Crippen molar-refractivity contribution in [1.29, 1.82) is 5.26 Å². The molecular formula is C14H14N4O. The summed E-state index contributed by atoms with van der Waals surface area (Å²) in [7, 11) is 0. The first-order valence-corrected chi connectivity index (χ1v) is 6.41. The van der Waals surface area contributed by atoms with E-state index >= 15 is 0 Å². The van der Waals surface area contributed by atoms with Crippen molar-refractivity contribution in [2.75, 3.05) is 13.1 Å². The Morgan fingerprint density at radius 1 is 1.21 bits per heavy atom. The summed E-state index contributed by atoms with van der Waals surface area (Å²) in [5.74, 6) is 1.70. The quantitative estimate of drug-likeness (QED) is 0.888. The fraction of sp³-hybridized carbons (Fsp3) is 0.357. The van der Waals surface area contributed by atoms with Crippen molar-refractivity contribution in [3.05, 3.63) is 35.7 Å². The monoisotopic (exact) mass is 254 g/mol. The lowest BCUT2D eigenvalue weighted by Crippen LogP contribution is -2.27. The smallest absolute Gasteiger partial charge is 0.257 e. The van der Waals surface area contributed by atoms with Gasteiger partial charge in [0.2, 0.25) is 0 Å². The molecule has 19 heavy (non-hydrogen) atoms. The lowest BCUT2D eigenvalue weighted by Gasteiger charge is -2.18. The van der Waals surface area contributed by atoms with Crippen molar-refractivity contribution in [2.45, 2.75) is 18.8 Å². The van der Waals surface area contributed by atoms with E-state index in [1.54, 1.807) is 12.1 Å². The van der Waals surface area contributed by atoms with Crippen LogP contribution in [0.4, 0.5) is 0 Å². The number of nitriles is 1. The van der Waals surface area contributed by atoms with E-state index in [4.69, 9.17) is 9.78 Å². The van der Waals surface area contributed by atoms with Crippen LogP contribution in [0, 0.1) is 11.3 Å². The van der Waals surface area contributed by atoms with Gasteiger partial charge in [-0.05, 0) is 50.2 Å². The molecule has 0 spiro atoms. The molecule has 5 heteroatoms. The fourth-order valence-corrected chi connectivity index (χ4v) is 2.29. The van der Waals surface area contributed by atoms with Gasteiger partial charge in [-0.3, -0.25) is 0 Å². The van der Waals surface area contributed by atoms with Gasteiger partial charge >= 0.3 is 0 Å². The molecule has 0 unspecified atom stereocenters. The Morgan fingerprint density at radius 2 is 1.95 bits per heavy atom. The zero-order chi connectivity index (χ0) is 13.1. The highest BCUT2D eigenvalue weighted by molar-refractivity contribution is 5.54. The molecule has 0 atom stereocenters. The molecule has 0 amide bonds. The fourth-order valence-electron chi connectivity index (χ4n) is 2.29. The first-order valence-electron chi connectivity index (χ1n) is 6.41. The molecular weight excluding hydrogens is 240 g/mol. The van der Waals surface area contributed by atoms with Crippen LogP contribution in [0.25, 0.3) is 11.5 Å². The first kappa shape index (κ1) is 11.9. The highest BCUT2D eigenvalue weighted by Crippen LogP contribution is 2.25. The lowest BCUT2D eigenvalue weighted by atomic mass is 9.98. The van der Waals surface area contributed by atoms with Crippen LogP contribution in [0.5, 0.6) is 0 Å². The zero-order valence-electron chi connectivity index (χ0n) is 10.5. The molecule has 0 bridgehead atoms. The van der Waals surface area contributed by atoms with E-state index in [0.29, 0.717) is 17.4 Å². The Labute approximate surface area is 111 Å². The average molecular weight is 254 g/mol. The lowest BCUT2D eigenvalue weighted by molar-refractivity contribution is 0.392. The van der Waals surface area contributed by atoms with E-state index in [9.17, 15) is 0 Å². The molecule has 2 heterocycles. The van der Waals surface area contributed by atoms with E-state index in [1.165, 1.54) is 0 Å². The van der Waals surface area contributed by atoms with E-state index in [1.807, 2.05) is 12.1 Å². The number of nitrogens with zero attached hydrogens (tertiary/aromatic N) is 3. The number of hydrogen-bond donors (Lipinski definition) is 1. The summed E-state index contributed by atoms with van der Waals surface area (Å²) in [6.45, 7) is 2.01. The van der Waals surface area contributed by atoms with Gasteiger partial charge in [0, 0.05) is 11.5 Å². The number of hydrogen-bond acceptors (Lipinski definition) is 5. The summed E-state index contributed by atoms with van der Waals surface area (Å²) in [5.41, 5.74) is 1.48. The van der Waals surface area contributed by atoms with Crippen molar-refractivity contribution < 1.29 is 4.52 Å². The molecule has 1 aromatic heterocycles. The van der Waals surface area contributed by atoms with Crippen molar-refractivity contribution in [3.63, 3.8) is 0 Å². The van der Waals surface area contributed by atoms with Crippen molar-refractivity contribution in [1.82, 2.24) is 15.5 Å². The Morgan fingerprint density at radius 3 is 2.63 bits per heavy atom. The number of nitrogens with one attached hydrogen (secondary N) is 1. The standard InChI is InChI=1S/C14H14N4O/c15-9-10-1-3-12(4-2-10)14-17-13(18-19-14)11-5-7-16-8-6-11/h1-4,11,16H,5-8H2. The Kier molecular flexibility index (Phi) is 3.25. The Balaban J connectivity index is 1.81. The normalized spacial score (nSPS) is 16.2. The maximum Gasteiger partial charge on any atom is 0.257 e. The van der Waals surface area contributed by atoms with Crippen LogP contribution in [0.1, 0.15) is 30.1 Å². The van der Waals surface area contributed by atoms with Gasteiger partial charge in [0.05, 0.1) is 11.6 Å². The molecule has 1 N–H and O–H groups in total. The Hall–Kier alpha value is -2.19. The van der Waals surface area contributed by atoms with Crippen LogP contribution in [-0.4, -0.2) is 23.2 Å². The molecule has 3 rings (SSSR count). The van der Waals surface area contributed by atoms with E-state index in [0.717, 1.165) is 37.3 Å². The second kappa shape index (κ2) is 5.21. The number of aromatic nitrogens is 2. The van der Waals surface area contributed by atoms with Crippen LogP contribution >= 0.6 is 0 Å². The molecule has 0 saturated carbocycles. The third kappa shape index (κ3) is 2.49. The molecule has 1 saturated heterocycles. The molecule has 1 fully saturated rings. The predicted molar refractivity (Wildman–Crippen MR) is 69.3 cm³/mol. The third-order valence-corrected chi connectivity index (χ3v) is 3.41. The summed E-state index contributed by atoms with van der Waals surface area (Å²) in [4.78, 5) is 4.47. The number of piperidine rings is 1. The number of rotatable bonds is 2. The molecule has 0 radical (unpaired) electrons. The van der Waals surface area contributed by atoms with Crippen molar-refractivity contribution in [2.24, 2.45) is 0 Å². The third-order valence-electron chi connectivity index (χ3n) is 3.41. The van der Waals surface area contributed by atoms with Crippen LogP contribution in [0.15, 0.2) is 28.8 Å². The minimum absolute atomic E-state index is 0.386. The van der Waals surface area contributed by atoms with Crippen molar-refractivity contribution >= 4 is 0 Å². The maximum absolute atomic E-state index is 8.77. The van der Waals surface area contributed by atoms with Crippen LogP contribution in [-0.2, 0) is 0 Å². The predicted octanol–water partition coefficient (Wildman–Crippen LogP) is 2.08. The van der Waals surface area contributed by atoms with Crippen LogP contribution < -0.4 is 5.32 Å². The van der Waals surface area contributed by atoms with Gasteiger partial charge in [-0.2, -0.15) is 10.2 Å². The molecule has 5 nitrogen and oxygen atoms in total. The minimum atomic E-state index is 0.386. The minimum Gasteiger partial charge on any atom is -0.334 e. The van der Waals surface area contributed by atoms with Crippen LogP contribution in [0.3, 0.4) is 0 Å². The largest absolute Gasteiger partial charge is 0.334 e. The summed E-state index contributed by atoms with van der Waals surface area (Å²) in [5, 5.41) is 16.2. The SMILES string of the molecule is N#Cc1ccc(-c2nc(C3CCNCC3)no2)cc1. The van der Waals surface area contributed by atoms with Gasteiger partial charge in [-0.15, -0.1) is 0 Å². The van der Waals surface area contributed by atoms with E-state index in [2.05, 4.69) is 21.5 Å². The van der Waals surface area contributed by atoms with Gasteiger partial charge in [0.1, 0.15) is 0 Å². The Bertz CT molecular complexity index is 591. The summed E-state index contributed by atoms with van der Waals surface area (Å²) in [6, 6.07) is 9.26. The van der Waals surface area contributed by atoms with E-state index in [-0.39, 0.29) is 0 Å². The van der Waals surface area contributed by atoms with E-state index < -0.39 is 0 Å². The zero-order valence-corrected chi connectivity index (χ0v) is 10.5. The molecule has 1 aliphatic heterocycles. The van der Waals surface area contributed by atoms with Gasteiger partial charge in [0.25, 0.3) is 5.89 Å². The molecule has 96 valence electrons. The second-order valence-corrected chi connectivity index (χ2v) is 4.67. The van der Waals surface area contributed by atoms with Gasteiger partial charge in [0.15, 0.2) is 5.82 Å². The molecule has 1 aromatic carbocycles. The summed E-state index contributed by atoms with van der Waals surface area (Å²) >= 11 is 0. The first-order chi connectivity index (χ1) is 9.36. The van der Waals surface area contributed by atoms with Gasteiger partial charge in [-0.1, -0.05) is 5.16 Å². The van der Waals surface area contributed by atoms with Crippen LogP contribution in [0.2, 0.25) is 0 Å². The highest BCUT2D eigenvalue weighted by atomic mass is 16.5. The molecule has 2 aromatic rings. The average Bonchev–Trinajstić information content (AvgIpc) is 2.98. The highest BCUT2D eigenvalue weighted by Gasteiger charge is 2.21.